The second-order valence-electron chi connectivity index (χ2n) is 1.51. The molecule has 3 nitrogen and oxygen atoms in total. The number of hydrogen-bond donors (Lipinski definition) is 0. The first-order chi connectivity index (χ1) is 4.41. The van der Waals surface area contributed by atoms with Gasteiger partial charge in [0.05, 0.1) is 13.2 Å². The maximum absolute atomic E-state index is 9.80. The normalized spacial score (nSPS) is 9.00. The summed E-state index contributed by atoms with van der Waals surface area (Å²) in [6, 6.07) is 0. The molecular formula is C6H13NaO3. The van der Waals surface area contributed by atoms with E-state index in [2.05, 4.69) is 0 Å². The third-order valence-electron chi connectivity index (χ3n) is 0.804. The van der Waals surface area contributed by atoms with E-state index in [1.807, 2.05) is 6.92 Å². The quantitative estimate of drug-likeness (QED) is 0.295. The fourth-order valence-corrected chi connectivity index (χ4v) is 0.423. The molecule has 56 valence electrons. The van der Waals surface area contributed by atoms with Crippen LogP contribution >= 0.6 is 0 Å². The minimum Gasteiger partial charge on any atom is -0.853 e. The third-order valence-corrected chi connectivity index (χ3v) is 0.804. The van der Waals surface area contributed by atoms with E-state index in [1.54, 1.807) is 0 Å². The van der Waals surface area contributed by atoms with E-state index >= 15 is 0 Å². The Morgan fingerprint density at radius 3 is 2.20 bits per heavy atom. The van der Waals surface area contributed by atoms with E-state index in [1.165, 1.54) is 0 Å². The zero-order valence-corrected chi connectivity index (χ0v) is 8.76. The van der Waals surface area contributed by atoms with Crippen LogP contribution in [0.2, 0.25) is 0 Å². The van der Waals surface area contributed by atoms with Crippen LogP contribution in [0, 0.1) is 0 Å². The van der Waals surface area contributed by atoms with E-state index in [4.69, 9.17) is 9.47 Å². The molecule has 0 amide bonds. The zero-order valence-electron chi connectivity index (χ0n) is 6.76. The van der Waals surface area contributed by atoms with E-state index in [-0.39, 0.29) is 36.2 Å². The second kappa shape index (κ2) is 12.5. The molecule has 0 atom stereocenters. The van der Waals surface area contributed by atoms with E-state index in [0.29, 0.717) is 26.4 Å². The summed E-state index contributed by atoms with van der Waals surface area (Å²) >= 11 is 0. The fraction of sp³-hybridized carbons (Fsp3) is 1.00. The Labute approximate surface area is 84.0 Å². The zero-order chi connectivity index (χ0) is 6.95. The molecule has 0 aromatic rings. The minimum absolute atomic E-state index is 0. The first-order valence-corrected chi connectivity index (χ1v) is 3.15. The first-order valence-electron chi connectivity index (χ1n) is 3.15. The van der Waals surface area contributed by atoms with Crippen molar-refractivity contribution in [3.05, 3.63) is 0 Å². The largest absolute Gasteiger partial charge is 1.00 e. The number of ether oxygens (including phenoxy) is 2. The molecule has 0 aromatic carbocycles. The van der Waals surface area contributed by atoms with Crippen molar-refractivity contribution in [3.8, 4) is 0 Å². The van der Waals surface area contributed by atoms with Crippen LogP contribution in [0.4, 0.5) is 0 Å². The van der Waals surface area contributed by atoms with E-state index in [0.717, 1.165) is 0 Å². The molecule has 0 aliphatic carbocycles. The van der Waals surface area contributed by atoms with Gasteiger partial charge >= 0.3 is 29.6 Å². The van der Waals surface area contributed by atoms with Crippen LogP contribution in [0.25, 0.3) is 0 Å². The molecular weight excluding hydrogens is 143 g/mol. The summed E-state index contributed by atoms with van der Waals surface area (Å²) in [5.74, 6) is 0. The van der Waals surface area contributed by atoms with Gasteiger partial charge in [-0.3, -0.25) is 0 Å². The van der Waals surface area contributed by atoms with Gasteiger partial charge in [0.1, 0.15) is 0 Å². The van der Waals surface area contributed by atoms with Gasteiger partial charge in [0.2, 0.25) is 0 Å². The van der Waals surface area contributed by atoms with Gasteiger partial charge in [-0.05, 0) is 6.92 Å². The fourth-order valence-electron chi connectivity index (χ4n) is 0.423. The van der Waals surface area contributed by atoms with Crippen LogP contribution in [-0.4, -0.2) is 33.0 Å². The van der Waals surface area contributed by atoms with Gasteiger partial charge in [-0.1, -0.05) is 0 Å². The van der Waals surface area contributed by atoms with Crippen molar-refractivity contribution >= 4 is 0 Å². The van der Waals surface area contributed by atoms with Crippen LogP contribution in [0.1, 0.15) is 6.92 Å². The molecule has 0 heterocycles. The van der Waals surface area contributed by atoms with Crippen molar-refractivity contribution < 1.29 is 44.1 Å². The summed E-state index contributed by atoms with van der Waals surface area (Å²) < 4.78 is 9.80. The van der Waals surface area contributed by atoms with Crippen LogP contribution in [0.3, 0.4) is 0 Å². The average Bonchev–Trinajstić information content (AvgIpc) is 1.89. The molecule has 0 bridgehead atoms. The van der Waals surface area contributed by atoms with Crippen molar-refractivity contribution in [2.75, 3.05) is 33.0 Å². The summed E-state index contributed by atoms with van der Waals surface area (Å²) in [4.78, 5) is 0. The number of hydrogen-bond acceptors (Lipinski definition) is 3. The van der Waals surface area contributed by atoms with Gasteiger partial charge in [-0.25, -0.2) is 0 Å². The standard InChI is InChI=1S/C6H13O3.Na/c1-2-8-5-6-9-4-3-7;/h2-6H2,1H3;/q-1;+1. The van der Waals surface area contributed by atoms with E-state index < -0.39 is 0 Å². The van der Waals surface area contributed by atoms with Gasteiger partial charge in [-0.2, -0.15) is 0 Å². The molecule has 0 saturated carbocycles. The predicted molar refractivity (Wildman–Crippen MR) is 32.2 cm³/mol. The molecule has 4 heteroatoms. The molecule has 0 fully saturated rings. The molecule has 0 unspecified atom stereocenters. The third kappa shape index (κ3) is 11.6. The van der Waals surface area contributed by atoms with Crippen LogP contribution in [0.5, 0.6) is 0 Å². The Morgan fingerprint density at radius 1 is 1.10 bits per heavy atom. The Kier molecular flexibility index (Phi) is 16.9. The van der Waals surface area contributed by atoms with Crippen molar-refractivity contribution in [1.82, 2.24) is 0 Å². The van der Waals surface area contributed by atoms with Gasteiger partial charge in [0, 0.05) is 13.2 Å². The monoisotopic (exact) mass is 156 g/mol. The summed E-state index contributed by atoms with van der Waals surface area (Å²) in [6.07, 6.45) is 0. The van der Waals surface area contributed by atoms with Crippen molar-refractivity contribution in [2.45, 2.75) is 6.92 Å². The summed E-state index contributed by atoms with van der Waals surface area (Å²) in [7, 11) is 0. The van der Waals surface area contributed by atoms with Gasteiger partial charge < -0.3 is 14.6 Å². The van der Waals surface area contributed by atoms with Crippen molar-refractivity contribution in [3.63, 3.8) is 0 Å². The Hall–Kier alpha value is 0.880. The summed E-state index contributed by atoms with van der Waals surface area (Å²) in [5, 5.41) is 9.80. The van der Waals surface area contributed by atoms with Gasteiger partial charge in [0.15, 0.2) is 0 Å². The SMILES string of the molecule is CCOCCOCC[O-].[Na+]. The Bertz CT molecular complexity index is 46.3. The molecule has 0 aromatic heterocycles. The summed E-state index contributed by atoms with van der Waals surface area (Å²) in [6.45, 7) is 3.90. The van der Waals surface area contributed by atoms with Crippen molar-refractivity contribution in [2.24, 2.45) is 0 Å². The summed E-state index contributed by atoms with van der Waals surface area (Å²) in [5.41, 5.74) is 0. The van der Waals surface area contributed by atoms with Crippen molar-refractivity contribution in [1.29, 1.82) is 0 Å². The second-order valence-corrected chi connectivity index (χ2v) is 1.51. The molecule has 0 aliphatic rings. The topological polar surface area (TPSA) is 41.5 Å². The molecule has 0 saturated heterocycles. The molecule has 0 aliphatic heterocycles. The minimum atomic E-state index is -0.161. The first kappa shape index (κ1) is 13.5. The van der Waals surface area contributed by atoms with Crippen LogP contribution in [0.15, 0.2) is 0 Å². The Morgan fingerprint density at radius 2 is 1.70 bits per heavy atom. The van der Waals surface area contributed by atoms with Gasteiger partial charge in [0.25, 0.3) is 0 Å². The Balaban J connectivity index is 0. The predicted octanol–water partition coefficient (Wildman–Crippen LogP) is -3.60. The molecule has 0 spiro atoms. The maximum atomic E-state index is 9.80. The molecule has 10 heavy (non-hydrogen) atoms. The van der Waals surface area contributed by atoms with Crippen LogP contribution < -0.4 is 34.7 Å². The molecule has 0 rings (SSSR count). The molecule has 0 radical (unpaired) electrons. The van der Waals surface area contributed by atoms with Crippen LogP contribution in [-0.2, 0) is 9.47 Å². The number of rotatable bonds is 6. The average molecular weight is 156 g/mol. The smallest absolute Gasteiger partial charge is 0.853 e. The van der Waals surface area contributed by atoms with E-state index in [9.17, 15) is 5.11 Å². The van der Waals surface area contributed by atoms with Gasteiger partial charge in [-0.15, -0.1) is 6.61 Å². The molecule has 0 N–H and O–H groups in total. The maximum Gasteiger partial charge on any atom is 1.00 e.